The van der Waals surface area contributed by atoms with E-state index in [4.69, 9.17) is 9.15 Å². The Kier molecular flexibility index (Phi) is 6.93. The first-order valence-electron chi connectivity index (χ1n) is 11.2. The molecule has 33 heavy (non-hydrogen) atoms. The van der Waals surface area contributed by atoms with Crippen LogP contribution in [0.3, 0.4) is 0 Å². The van der Waals surface area contributed by atoms with Crippen LogP contribution in [0.25, 0.3) is 0 Å². The average molecular weight is 444 g/mol. The molecule has 0 aliphatic heterocycles. The quantitative estimate of drug-likeness (QED) is 0.335. The normalized spacial score (nSPS) is 11.8. The number of carbonyl (C=O) groups excluding carboxylic acids is 1. The fourth-order valence-corrected chi connectivity index (χ4v) is 3.57. The lowest BCUT2D eigenvalue weighted by atomic mass is 9.99. The lowest BCUT2D eigenvalue weighted by Gasteiger charge is -2.10. The summed E-state index contributed by atoms with van der Waals surface area (Å²) in [6.07, 6.45) is 4.53. The first-order valence-corrected chi connectivity index (χ1v) is 11.2. The highest BCUT2D eigenvalue weighted by Gasteiger charge is 2.13. The van der Waals surface area contributed by atoms with Crippen molar-refractivity contribution in [1.82, 2.24) is 9.78 Å². The summed E-state index contributed by atoms with van der Waals surface area (Å²) < 4.78 is 13.3. The molecule has 2 heterocycles. The van der Waals surface area contributed by atoms with Crippen molar-refractivity contribution in [3.63, 3.8) is 0 Å². The number of benzene rings is 2. The van der Waals surface area contributed by atoms with E-state index in [9.17, 15) is 4.79 Å². The third kappa shape index (κ3) is 5.92. The molecule has 0 bridgehead atoms. The summed E-state index contributed by atoms with van der Waals surface area (Å²) in [6, 6.07) is 19.8. The molecule has 0 spiro atoms. The molecule has 0 aliphatic carbocycles. The molecular weight excluding hydrogens is 414 g/mol. The molecule has 0 radical (unpaired) electrons. The zero-order valence-corrected chi connectivity index (χ0v) is 19.2. The molecular formula is C27H29N3O3. The van der Waals surface area contributed by atoms with Gasteiger partial charge in [-0.3, -0.25) is 9.48 Å². The van der Waals surface area contributed by atoms with Gasteiger partial charge >= 0.3 is 0 Å². The minimum absolute atomic E-state index is 0.229. The number of aromatic nitrogens is 2. The van der Waals surface area contributed by atoms with Crippen LogP contribution >= 0.6 is 0 Å². The van der Waals surface area contributed by atoms with Gasteiger partial charge in [0.05, 0.1) is 18.4 Å². The molecule has 0 aliphatic rings. The van der Waals surface area contributed by atoms with E-state index in [0.29, 0.717) is 23.9 Å². The van der Waals surface area contributed by atoms with Crippen molar-refractivity contribution in [2.24, 2.45) is 0 Å². The lowest BCUT2D eigenvalue weighted by molar-refractivity contribution is 0.0992. The number of nitrogens with one attached hydrogen (secondary N) is 1. The van der Waals surface area contributed by atoms with Gasteiger partial charge in [0.25, 0.3) is 5.91 Å². The second-order valence-electron chi connectivity index (χ2n) is 8.30. The fourth-order valence-electron chi connectivity index (χ4n) is 3.57. The summed E-state index contributed by atoms with van der Waals surface area (Å²) >= 11 is 0. The molecule has 1 atom stereocenters. The zero-order chi connectivity index (χ0) is 23.2. The average Bonchev–Trinajstić information content (AvgIpc) is 3.47. The molecule has 6 heteroatoms. The van der Waals surface area contributed by atoms with Crippen LogP contribution < -0.4 is 10.1 Å². The van der Waals surface area contributed by atoms with Crippen molar-refractivity contribution in [3.8, 4) is 5.75 Å². The van der Waals surface area contributed by atoms with Crippen LogP contribution in [-0.4, -0.2) is 15.7 Å². The van der Waals surface area contributed by atoms with Gasteiger partial charge in [-0.05, 0) is 54.7 Å². The van der Waals surface area contributed by atoms with E-state index in [0.717, 1.165) is 17.7 Å². The summed E-state index contributed by atoms with van der Waals surface area (Å²) in [4.78, 5) is 12.6. The van der Waals surface area contributed by atoms with Gasteiger partial charge in [0.15, 0.2) is 5.76 Å². The number of hydrogen-bond donors (Lipinski definition) is 1. The smallest absolute Gasteiger partial charge is 0.291 e. The standard InChI is InChI=1S/C27H29N3O3/c1-4-20(3)22-8-10-24(11-9-22)32-18-25-12-13-26(33-25)27(31)29-23-15-28-30(17-23)16-21-7-5-6-19(2)14-21/h5-15,17,20H,4,16,18H2,1-3H3,(H,29,31). The SMILES string of the molecule is CCC(C)c1ccc(OCc2ccc(C(=O)Nc3cnn(Cc4cccc(C)c4)c3)o2)cc1. The number of ether oxygens (including phenoxy) is 1. The van der Waals surface area contributed by atoms with Gasteiger partial charge in [0, 0.05) is 6.20 Å². The number of hydrogen-bond acceptors (Lipinski definition) is 4. The molecule has 0 saturated heterocycles. The van der Waals surface area contributed by atoms with Crippen molar-refractivity contribution >= 4 is 11.6 Å². The van der Waals surface area contributed by atoms with Gasteiger partial charge in [-0.1, -0.05) is 55.8 Å². The number of carbonyl (C=O) groups is 1. The first-order chi connectivity index (χ1) is 16.0. The van der Waals surface area contributed by atoms with Crippen molar-refractivity contribution in [2.75, 3.05) is 5.32 Å². The van der Waals surface area contributed by atoms with Gasteiger partial charge in [-0.15, -0.1) is 0 Å². The molecule has 4 aromatic rings. The highest BCUT2D eigenvalue weighted by atomic mass is 16.5. The van der Waals surface area contributed by atoms with Crippen LogP contribution in [0.1, 0.15) is 59.2 Å². The van der Waals surface area contributed by atoms with Crippen molar-refractivity contribution < 1.29 is 13.9 Å². The van der Waals surface area contributed by atoms with E-state index >= 15 is 0 Å². The zero-order valence-electron chi connectivity index (χ0n) is 19.2. The monoisotopic (exact) mass is 443 g/mol. The highest BCUT2D eigenvalue weighted by molar-refractivity contribution is 6.02. The molecule has 1 amide bonds. The minimum Gasteiger partial charge on any atom is -0.486 e. The molecule has 0 fully saturated rings. The second-order valence-corrected chi connectivity index (χ2v) is 8.30. The van der Waals surface area contributed by atoms with E-state index in [-0.39, 0.29) is 18.3 Å². The van der Waals surface area contributed by atoms with E-state index in [1.807, 2.05) is 18.2 Å². The topological polar surface area (TPSA) is 69.3 Å². The number of nitrogens with zero attached hydrogens (tertiary/aromatic N) is 2. The Balaban J connectivity index is 1.30. The molecule has 1 N–H and O–H groups in total. The largest absolute Gasteiger partial charge is 0.486 e. The number of rotatable bonds is 9. The summed E-state index contributed by atoms with van der Waals surface area (Å²) in [5, 5.41) is 7.16. The third-order valence-electron chi connectivity index (χ3n) is 5.65. The Morgan fingerprint density at radius 1 is 1.15 bits per heavy atom. The van der Waals surface area contributed by atoms with Crippen LogP contribution in [0.4, 0.5) is 5.69 Å². The van der Waals surface area contributed by atoms with Crippen molar-refractivity contribution in [2.45, 2.75) is 46.3 Å². The first kappa shape index (κ1) is 22.4. The van der Waals surface area contributed by atoms with Crippen molar-refractivity contribution in [3.05, 3.63) is 101 Å². The summed E-state index contributed by atoms with van der Waals surface area (Å²) in [5.74, 6) is 1.79. The maximum atomic E-state index is 12.6. The predicted molar refractivity (Wildman–Crippen MR) is 129 cm³/mol. The van der Waals surface area contributed by atoms with Crippen LogP contribution in [-0.2, 0) is 13.2 Å². The van der Waals surface area contributed by atoms with Crippen LogP contribution in [0.5, 0.6) is 5.75 Å². The van der Waals surface area contributed by atoms with Gasteiger partial charge in [-0.2, -0.15) is 5.10 Å². The van der Waals surface area contributed by atoms with Gasteiger partial charge in [0.1, 0.15) is 18.1 Å². The highest BCUT2D eigenvalue weighted by Crippen LogP contribution is 2.22. The Hall–Kier alpha value is -3.80. The third-order valence-corrected chi connectivity index (χ3v) is 5.65. The lowest BCUT2D eigenvalue weighted by Crippen LogP contribution is -2.10. The number of aryl methyl sites for hydroxylation is 1. The molecule has 0 saturated carbocycles. The molecule has 2 aromatic carbocycles. The van der Waals surface area contributed by atoms with Gasteiger partial charge < -0.3 is 14.5 Å². The Morgan fingerprint density at radius 2 is 1.97 bits per heavy atom. The molecule has 1 unspecified atom stereocenters. The molecule has 4 rings (SSSR count). The number of furan rings is 1. The van der Waals surface area contributed by atoms with Crippen LogP contribution in [0, 0.1) is 6.92 Å². The fraction of sp³-hybridized carbons (Fsp3) is 0.259. The maximum Gasteiger partial charge on any atom is 0.291 e. The Bertz CT molecular complexity index is 1210. The van der Waals surface area contributed by atoms with E-state index in [2.05, 4.69) is 61.5 Å². The summed E-state index contributed by atoms with van der Waals surface area (Å²) in [5.41, 5.74) is 4.27. The summed E-state index contributed by atoms with van der Waals surface area (Å²) in [6.45, 7) is 7.34. The number of anilines is 1. The van der Waals surface area contributed by atoms with Crippen molar-refractivity contribution in [1.29, 1.82) is 0 Å². The maximum absolute atomic E-state index is 12.6. The van der Waals surface area contributed by atoms with Gasteiger partial charge in [0.2, 0.25) is 0 Å². The van der Waals surface area contributed by atoms with Crippen LogP contribution in [0.15, 0.2) is 77.5 Å². The predicted octanol–water partition coefficient (Wildman–Crippen LogP) is 6.18. The Morgan fingerprint density at radius 3 is 2.73 bits per heavy atom. The molecule has 170 valence electrons. The number of amides is 1. The minimum atomic E-state index is -0.325. The van der Waals surface area contributed by atoms with E-state index in [1.54, 1.807) is 29.2 Å². The Labute approximate surface area is 194 Å². The summed E-state index contributed by atoms with van der Waals surface area (Å²) in [7, 11) is 0. The second kappa shape index (κ2) is 10.2. The van der Waals surface area contributed by atoms with Gasteiger partial charge in [-0.25, -0.2) is 0 Å². The molecule has 2 aromatic heterocycles. The van der Waals surface area contributed by atoms with E-state index in [1.165, 1.54) is 11.1 Å². The van der Waals surface area contributed by atoms with E-state index < -0.39 is 0 Å². The molecule has 6 nitrogen and oxygen atoms in total. The van der Waals surface area contributed by atoms with Crippen LogP contribution in [0.2, 0.25) is 0 Å².